The minimum Gasteiger partial charge on any atom is -0.373 e. The minimum atomic E-state index is -3.65. The Kier molecular flexibility index (Phi) is 4.29. The highest BCUT2D eigenvalue weighted by atomic mass is 32.2. The van der Waals surface area contributed by atoms with E-state index in [0.29, 0.717) is 17.3 Å². The van der Waals surface area contributed by atoms with Crippen molar-refractivity contribution in [3.63, 3.8) is 0 Å². The van der Waals surface area contributed by atoms with E-state index >= 15 is 0 Å². The van der Waals surface area contributed by atoms with E-state index in [1.807, 2.05) is 0 Å². The summed E-state index contributed by atoms with van der Waals surface area (Å²) in [6, 6.07) is 2.67. The molecule has 0 spiro atoms. The Balaban J connectivity index is 2.24. The third-order valence-electron chi connectivity index (χ3n) is 3.16. The fourth-order valence-electron chi connectivity index (χ4n) is 2.16. The van der Waals surface area contributed by atoms with Gasteiger partial charge in [0.05, 0.1) is 5.69 Å². The molecule has 2 heterocycles. The maximum atomic E-state index is 12.3. The van der Waals surface area contributed by atoms with Crippen molar-refractivity contribution in [1.29, 1.82) is 0 Å². The predicted octanol–water partition coefficient (Wildman–Crippen LogP) is 1.77. The lowest BCUT2D eigenvalue weighted by Crippen LogP contribution is -2.27. The second kappa shape index (κ2) is 5.82. The van der Waals surface area contributed by atoms with Crippen molar-refractivity contribution in [2.75, 3.05) is 12.4 Å². The Morgan fingerprint density at radius 1 is 1.29 bits per heavy atom. The molecule has 2 aromatic rings. The van der Waals surface area contributed by atoms with Crippen LogP contribution in [0.15, 0.2) is 27.7 Å². The number of anilines is 1. The molecule has 0 aliphatic carbocycles. The maximum Gasteiger partial charge on any atom is 0.242 e. The standard InChI is InChI=1S/C13H18N4O3S/c1-8-13(10(3)20-16-8)9(2)17-21(18,19)11-5-6-12(14-4)15-7-11/h5-7,9,17H,1-4H3,(H,14,15). The molecule has 0 saturated carbocycles. The zero-order valence-electron chi connectivity index (χ0n) is 12.3. The molecular formula is C13H18N4O3S. The number of nitrogens with one attached hydrogen (secondary N) is 2. The van der Waals surface area contributed by atoms with Crippen LogP contribution < -0.4 is 10.0 Å². The van der Waals surface area contributed by atoms with Gasteiger partial charge in [0.2, 0.25) is 10.0 Å². The highest BCUT2D eigenvalue weighted by Crippen LogP contribution is 2.23. The Morgan fingerprint density at radius 2 is 2.00 bits per heavy atom. The van der Waals surface area contributed by atoms with Crippen LogP contribution in [0.25, 0.3) is 0 Å². The molecule has 0 fully saturated rings. The fraction of sp³-hybridized carbons (Fsp3) is 0.385. The molecule has 21 heavy (non-hydrogen) atoms. The van der Waals surface area contributed by atoms with Crippen molar-refractivity contribution < 1.29 is 12.9 Å². The number of aryl methyl sites for hydroxylation is 2. The number of pyridine rings is 1. The first kappa shape index (κ1) is 15.5. The van der Waals surface area contributed by atoms with Gasteiger partial charge in [-0.25, -0.2) is 18.1 Å². The smallest absolute Gasteiger partial charge is 0.242 e. The van der Waals surface area contributed by atoms with Gasteiger partial charge in [0.1, 0.15) is 16.5 Å². The van der Waals surface area contributed by atoms with Gasteiger partial charge >= 0.3 is 0 Å². The van der Waals surface area contributed by atoms with Crippen molar-refractivity contribution in [1.82, 2.24) is 14.9 Å². The molecule has 2 rings (SSSR count). The number of hydrogen-bond acceptors (Lipinski definition) is 6. The molecular weight excluding hydrogens is 292 g/mol. The quantitative estimate of drug-likeness (QED) is 0.873. The number of nitrogens with zero attached hydrogens (tertiary/aromatic N) is 2. The molecule has 2 N–H and O–H groups in total. The molecule has 0 aliphatic heterocycles. The van der Waals surface area contributed by atoms with Gasteiger partial charge in [-0.15, -0.1) is 0 Å². The molecule has 0 amide bonds. The summed E-state index contributed by atoms with van der Waals surface area (Å²) < 4.78 is 32.3. The van der Waals surface area contributed by atoms with Crippen LogP contribution in [0.1, 0.15) is 30.0 Å². The first-order valence-electron chi connectivity index (χ1n) is 6.44. The van der Waals surface area contributed by atoms with Crippen LogP contribution in [0.5, 0.6) is 0 Å². The molecule has 1 unspecified atom stereocenters. The zero-order chi connectivity index (χ0) is 15.6. The Bertz CT molecular complexity index is 703. The molecule has 0 radical (unpaired) electrons. The molecule has 0 aromatic carbocycles. The van der Waals surface area contributed by atoms with Crippen LogP contribution in [-0.2, 0) is 10.0 Å². The van der Waals surface area contributed by atoms with Crippen molar-refractivity contribution in [3.05, 3.63) is 35.3 Å². The third kappa shape index (κ3) is 3.22. The van der Waals surface area contributed by atoms with Crippen molar-refractivity contribution >= 4 is 15.8 Å². The summed E-state index contributed by atoms with van der Waals surface area (Å²) >= 11 is 0. The fourth-order valence-corrected chi connectivity index (χ4v) is 3.31. The first-order valence-corrected chi connectivity index (χ1v) is 7.92. The van der Waals surface area contributed by atoms with E-state index in [4.69, 9.17) is 4.52 Å². The van der Waals surface area contributed by atoms with Crippen LogP contribution in [0.3, 0.4) is 0 Å². The highest BCUT2D eigenvalue weighted by molar-refractivity contribution is 7.89. The average Bonchev–Trinajstić information content (AvgIpc) is 2.77. The van der Waals surface area contributed by atoms with Crippen LogP contribution in [-0.4, -0.2) is 25.6 Å². The van der Waals surface area contributed by atoms with Crippen LogP contribution in [0, 0.1) is 13.8 Å². The summed E-state index contributed by atoms with van der Waals surface area (Å²) in [4.78, 5) is 4.12. The van der Waals surface area contributed by atoms with Crippen molar-refractivity contribution in [2.24, 2.45) is 0 Å². The Morgan fingerprint density at radius 3 is 2.48 bits per heavy atom. The molecule has 2 aromatic heterocycles. The first-order chi connectivity index (χ1) is 9.85. The van der Waals surface area contributed by atoms with Crippen LogP contribution >= 0.6 is 0 Å². The van der Waals surface area contributed by atoms with Crippen molar-refractivity contribution in [3.8, 4) is 0 Å². The summed E-state index contributed by atoms with van der Waals surface area (Å²) in [5.41, 5.74) is 1.42. The number of aromatic nitrogens is 2. The monoisotopic (exact) mass is 310 g/mol. The lowest BCUT2D eigenvalue weighted by atomic mass is 10.1. The SMILES string of the molecule is CNc1ccc(S(=O)(=O)NC(C)c2c(C)noc2C)cn1. The summed E-state index contributed by atoms with van der Waals surface area (Å²) in [6.07, 6.45) is 1.31. The van der Waals surface area contributed by atoms with E-state index in [1.165, 1.54) is 12.3 Å². The maximum absolute atomic E-state index is 12.3. The van der Waals surface area contributed by atoms with Gasteiger partial charge in [-0.1, -0.05) is 5.16 Å². The van der Waals surface area contributed by atoms with Crippen molar-refractivity contribution in [2.45, 2.75) is 31.7 Å². The van der Waals surface area contributed by atoms with E-state index in [2.05, 4.69) is 20.2 Å². The van der Waals surface area contributed by atoms with E-state index in [1.54, 1.807) is 33.9 Å². The van der Waals surface area contributed by atoms with Gasteiger partial charge in [-0.05, 0) is 32.9 Å². The summed E-state index contributed by atoms with van der Waals surface area (Å²) in [5, 5.41) is 6.67. The van der Waals surface area contributed by atoms with Gasteiger partial charge < -0.3 is 9.84 Å². The second-order valence-corrected chi connectivity index (χ2v) is 6.42. The lowest BCUT2D eigenvalue weighted by Gasteiger charge is -2.14. The van der Waals surface area contributed by atoms with Gasteiger partial charge in [-0.2, -0.15) is 0 Å². The summed E-state index contributed by atoms with van der Waals surface area (Å²) in [5.74, 6) is 1.21. The number of sulfonamides is 1. The van der Waals surface area contributed by atoms with Gasteiger partial charge in [0, 0.05) is 24.8 Å². The van der Waals surface area contributed by atoms with E-state index in [0.717, 1.165) is 5.56 Å². The van der Waals surface area contributed by atoms with E-state index < -0.39 is 16.1 Å². The van der Waals surface area contributed by atoms with E-state index in [9.17, 15) is 8.42 Å². The van der Waals surface area contributed by atoms with Gasteiger partial charge in [0.25, 0.3) is 0 Å². The molecule has 0 bridgehead atoms. The lowest BCUT2D eigenvalue weighted by molar-refractivity contribution is 0.391. The topological polar surface area (TPSA) is 97.1 Å². The number of hydrogen-bond donors (Lipinski definition) is 2. The summed E-state index contributed by atoms with van der Waals surface area (Å²) in [6.45, 7) is 5.28. The normalized spacial score (nSPS) is 13.1. The number of rotatable bonds is 5. The predicted molar refractivity (Wildman–Crippen MR) is 78.5 cm³/mol. The van der Waals surface area contributed by atoms with Crippen LogP contribution in [0.2, 0.25) is 0 Å². The van der Waals surface area contributed by atoms with E-state index in [-0.39, 0.29) is 4.90 Å². The average molecular weight is 310 g/mol. The second-order valence-electron chi connectivity index (χ2n) is 4.71. The van der Waals surface area contributed by atoms with Gasteiger partial charge in [-0.3, -0.25) is 0 Å². The van der Waals surface area contributed by atoms with Gasteiger partial charge in [0.15, 0.2) is 0 Å². The highest BCUT2D eigenvalue weighted by Gasteiger charge is 2.23. The third-order valence-corrected chi connectivity index (χ3v) is 4.68. The molecule has 7 nitrogen and oxygen atoms in total. The largest absolute Gasteiger partial charge is 0.373 e. The Hall–Kier alpha value is -1.93. The zero-order valence-corrected chi connectivity index (χ0v) is 13.2. The molecule has 8 heteroatoms. The minimum absolute atomic E-state index is 0.111. The van der Waals surface area contributed by atoms with Crippen LogP contribution in [0.4, 0.5) is 5.82 Å². The molecule has 1 atom stereocenters. The molecule has 0 saturated heterocycles. The molecule has 114 valence electrons. The molecule has 0 aliphatic rings. The Labute approximate surface area is 123 Å². The summed E-state index contributed by atoms with van der Waals surface area (Å²) in [7, 11) is -1.94.